The number of aromatic nitrogens is 2. The Kier molecular flexibility index (Phi) is 5.13. The van der Waals surface area contributed by atoms with E-state index in [2.05, 4.69) is 21.5 Å². The molecule has 1 atom stereocenters. The number of likely N-dealkylation sites (tertiary alicyclic amines) is 1. The molecule has 22 heavy (non-hydrogen) atoms. The zero-order valence-electron chi connectivity index (χ0n) is 13.6. The van der Waals surface area contributed by atoms with Gasteiger partial charge in [0.2, 0.25) is 5.91 Å². The van der Waals surface area contributed by atoms with Gasteiger partial charge >= 0.3 is 0 Å². The van der Waals surface area contributed by atoms with E-state index < -0.39 is 0 Å². The van der Waals surface area contributed by atoms with Crippen molar-refractivity contribution in [2.75, 3.05) is 13.1 Å². The molecule has 0 radical (unpaired) electrons. The molecule has 3 rings (SSSR count). The number of nitrogens with one attached hydrogen (secondary N) is 1. The number of carbonyl (C=O) groups is 1. The molecule has 122 valence electrons. The molecule has 0 bridgehead atoms. The predicted molar refractivity (Wildman–Crippen MR) is 86.4 cm³/mol. The molecule has 1 saturated carbocycles. The third kappa shape index (κ3) is 3.88. The van der Waals surface area contributed by atoms with Gasteiger partial charge in [0, 0.05) is 43.9 Å². The summed E-state index contributed by atoms with van der Waals surface area (Å²) in [6, 6.07) is 0.866. The molecule has 1 N–H and O–H groups in total. The highest BCUT2D eigenvalue weighted by molar-refractivity contribution is 5.76. The minimum absolute atomic E-state index is 0.226. The van der Waals surface area contributed by atoms with E-state index in [1.165, 1.54) is 37.7 Å². The minimum atomic E-state index is 0.226. The van der Waals surface area contributed by atoms with Crippen LogP contribution >= 0.6 is 0 Å². The lowest BCUT2D eigenvalue weighted by molar-refractivity contribution is -0.122. The van der Waals surface area contributed by atoms with E-state index in [-0.39, 0.29) is 5.91 Å². The Morgan fingerprint density at radius 1 is 1.27 bits per heavy atom. The van der Waals surface area contributed by atoms with Crippen LogP contribution in [0.2, 0.25) is 0 Å². The number of nitrogens with zero attached hydrogens (tertiary/aromatic N) is 3. The van der Waals surface area contributed by atoms with Crippen molar-refractivity contribution in [3.8, 4) is 0 Å². The fraction of sp³-hybridized carbons (Fsp3) is 0.765. The van der Waals surface area contributed by atoms with Gasteiger partial charge in [-0.15, -0.1) is 0 Å². The normalized spacial score (nSPS) is 23.8. The summed E-state index contributed by atoms with van der Waals surface area (Å²) in [7, 11) is 1.96. The maximum atomic E-state index is 12.2. The van der Waals surface area contributed by atoms with Crippen LogP contribution in [0.25, 0.3) is 0 Å². The van der Waals surface area contributed by atoms with Crippen LogP contribution in [0.15, 0.2) is 12.4 Å². The Morgan fingerprint density at radius 3 is 2.82 bits per heavy atom. The summed E-state index contributed by atoms with van der Waals surface area (Å²) in [6.07, 6.45) is 13.2. The molecule has 2 heterocycles. The van der Waals surface area contributed by atoms with Crippen LogP contribution < -0.4 is 5.32 Å². The van der Waals surface area contributed by atoms with E-state index in [4.69, 9.17) is 0 Å². The van der Waals surface area contributed by atoms with Crippen LogP contribution in [0, 0.1) is 0 Å². The van der Waals surface area contributed by atoms with Crippen molar-refractivity contribution in [3.63, 3.8) is 0 Å². The van der Waals surface area contributed by atoms with Gasteiger partial charge in [0.1, 0.15) is 0 Å². The molecule has 2 aliphatic rings. The Balaban J connectivity index is 1.46. The Morgan fingerprint density at radius 2 is 2.09 bits per heavy atom. The average Bonchev–Trinajstić information content (AvgIpc) is 3.14. The van der Waals surface area contributed by atoms with Crippen molar-refractivity contribution >= 4 is 5.91 Å². The molecule has 5 heteroatoms. The fourth-order valence-electron chi connectivity index (χ4n) is 3.88. The monoisotopic (exact) mass is 304 g/mol. The second kappa shape index (κ2) is 7.27. The van der Waals surface area contributed by atoms with Gasteiger partial charge in [0.15, 0.2) is 0 Å². The molecular weight excluding hydrogens is 276 g/mol. The average molecular weight is 304 g/mol. The van der Waals surface area contributed by atoms with E-state index in [9.17, 15) is 4.79 Å². The first-order valence-corrected chi connectivity index (χ1v) is 8.74. The predicted octanol–water partition coefficient (Wildman–Crippen LogP) is 2.40. The SMILES string of the molecule is Cn1cc(C2CCCN2CCC(=O)NC2CCCCC2)cn1. The van der Waals surface area contributed by atoms with Crippen molar-refractivity contribution in [3.05, 3.63) is 18.0 Å². The highest BCUT2D eigenvalue weighted by Crippen LogP contribution is 2.31. The van der Waals surface area contributed by atoms with Crippen LogP contribution in [0.5, 0.6) is 0 Å². The van der Waals surface area contributed by atoms with Crippen LogP contribution in [-0.4, -0.2) is 39.7 Å². The summed E-state index contributed by atoms with van der Waals surface area (Å²) in [5, 5.41) is 7.50. The number of hydrogen-bond donors (Lipinski definition) is 1. The van der Waals surface area contributed by atoms with Gasteiger partial charge in [-0.1, -0.05) is 19.3 Å². The molecule has 1 aliphatic heterocycles. The zero-order chi connectivity index (χ0) is 15.4. The molecule has 1 aliphatic carbocycles. The summed E-state index contributed by atoms with van der Waals surface area (Å²) in [4.78, 5) is 14.6. The number of aryl methyl sites for hydroxylation is 1. The topological polar surface area (TPSA) is 50.2 Å². The summed E-state index contributed by atoms with van der Waals surface area (Å²) >= 11 is 0. The first-order valence-electron chi connectivity index (χ1n) is 8.74. The number of hydrogen-bond acceptors (Lipinski definition) is 3. The van der Waals surface area contributed by atoms with E-state index in [1.807, 2.05) is 17.9 Å². The smallest absolute Gasteiger partial charge is 0.221 e. The first kappa shape index (κ1) is 15.5. The van der Waals surface area contributed by atoms with Gasteiger partial charge in [0.25, 0.3) is 0 Å². The van der Waals surface area contributed by atoms with Crippen molar-refractivity contribution in [2.45, 2.75) is 63.5 Å². The van der Waals surface area contributed by atoms with Crippen molar-refractivity contribution in [1.82, 2.24) is 20.0 Å². The lowest BCUT2D eigenvalue weighted by atomic mass is 9.95. The Hall–Kier alpha value is -1.36. The molecule has 1 saturated heterocycles. The van der Waals surface area contributed by atoms with E-state index in [1.54, 1.807) is 0 Å². The minimum Gasteiger partial charge on any atom is -0.353 e. The highest BCUT2D eigenvalue weighted by atomic mass is 16.1. The molecule has 5 nitrogen and oxygen atoms in total. The zero-order valence-corrected chi connectivity index (χ0v) is 13.6. The van der Waals surface area contributed by atoms with Gasteiger partial charge in [-0.3, -0.25) is 14.4 Å². The van der Waals surface area contributed by atoms with Gasteiger partial charge in [-0.05, 0) is 32.2 Å². The van der Waals surface area contributed by atoms with Crippen molar-refractivity contribution < 1.29 is 4.79 Å². The van der Waals surface area contributed by atoms with Gasteiger partial charge in [0.05, 0.1) is 6.20 Å². The van der Waals surface area contributed by atoms with Crippen LogP contribution in [0.3, 0.4) is 0 Å². The molecule has 0 aromatic carbocycles. The van der Waals surface area contributed by atoms with Crippen LogP contribution in [0.4, 0.5) is 0 Å². The third-order valence-electron chi connectivity index (χ3n) is 5.07. The summed E-state index contributed by atoms with van der Waals surface area (Å²) in [6.45, 7) is 1.95. The van der Waals surface area contributed by atoms with E-state index in [0.29, 0.717) is 18.5 Å². The molecule has 0 spiro atoms. The standard InChI is InChI=1S/C17H28N4O/c1-20-13-14(12-18-20)16-8-5-10-21(16)11-9-17(22)19-15-6-3-2-4-7-15/h12-13,15-16H,2-11H2,1H3,(H,19,22). The molecule has 2 fully saturated rings. The first-order chi connectivity index (χ1) is 10.7. The van der Waals surface area contributed by atoms with E-state index in [0.717, 1.165) is 25.9 Å². The Bertz CT molecular complexity index is 493. The Labute approximate surface area is 133 Å². The van der Waals surface area contributed by atoms with Gasteiger partial charge < -0.3 is 5.32 Å². The third-order valence-corrected chi connectivity index (χ3v) is 5.07. The molecule has 1 aromatic heterocycles. The summed E-state index contributed by atoms with van der Waals surface area (Å²) < 4.78 is 1.86. The van der Waals surface area contributed by atoms with Gasteiger partial charge in [-0.2, -0.15) is 5.10 Å². The second-order valence-electron chi connectivity index (χ2n) is 6.79. The lowest BCUT2D eigenvalue weighted by Gasteiger charge is -2.25. The van der Waals surface area contributed by atoms with Gasteiger partial charge in [-0.25, -0.2) is 0 Å². The van der Waals surface area contributed by atoms with E-state index >= 15 is 0 Å². The fourth-order valence-corrected chi connectivity index (χ4v) is 3.88. The molecule has 1 unspecified atom stereocenters. The van der Waals surface area contributed by atoms with Crippen molar-refractivity contribution in [1.29, 1.82) is 0 Å². The van der Waals surface area contributed by atoms with Crippen LogP contribution in [-0.2, 0) is 11.8 Å². The van der Waals surface area contributed by atoms with Crippen molar-refractivity contribution in [2.24, 2.45) is 7.05 Å². The highest BCUT2D eigenvalue weighted by Gasteiger charge is 2.27. The quantitative estimate of drug-likeness (QED) is 0.909. The number of carbonyl (C=O) groups excluding carboxylic acids is 1. The molecule has 1 amide bonds. The lowest BCUT2D eigenvalue weighted by Crippen LogP contribution is -2.38. The largest absolute Gasteiger partial charge is 0.353 e. The second-order valence-corrected chi connectivity index (χ2v) is 6.79. The molecule has 1 aromatic rings. The number of rotatable bonds is 5. The molecular formula is C17H28N4O. The summed E-state index contributed by atoms with van der Waals surface area (Å²) in [5.41, 5.74) is 1.28. The summed E-state index contributed by atoms with van der Waals surface area (Å²) in [5.74, 6) is 0.226. The number of amides is 1. The maximum absolute atomic E-state index is 12.2. The maximum Gasteiger partial charge on any atom is 0.221 e. The van der Waals surface area contributed by atoms with Crippen LogP contribution in [0.1, 0.15) is 63.0 Å².